The van der Waals surface area contributed by atoms with Crippen molar-refractivity contribution >= 4 is 22.5 Å². The predicted molar refractivity (Wildman–Crippen MR) is 101 cm³/mol. The number of carbonyl (C=O) groups excluding carboxylic acids is 1. The maximum atomic E-state index is 12.9. The average molecular weight is 370 g/mol. The Balaban J connectivity index is 1.49. The first-order chi connectivity index (χ1) is 13.7. The second-order valence-electron chi connectivity index (χ2n) is 6.64. The third kappa shape index (κ3) is 2.53. The number of carbonyl (C=O) groups is 1. The monoisotopic (exact) mass is 370 g/mol. The lowest BCUT2D eigenvalue weighted by molar-refractivity contribution is 0.102. The Hall–Kier alpha value is -3.99. The molecule has 28 heavy (non-hydrogen) atoms. The van der Waals surface area contributed by atoms with E-state index >= 15 is 0 Å². The van der Waals surface area contributed by atoms with Crippen molar-refractivity contribution in [2.24, 2.45) is 0 Å². The number of aromatic amines is 1. The molecule has 1 aliphatic carbocycles. The van der Waals surface area contributed by atoms with E-state index in [0.29, 0.717) is 22.6 Å². The molecular weight excluding hydrogens is 356 g/mol. The van der Waals surface area contributed by atoms with Crippen LogP contribution < -0.4 is 5.32 Å². The van der Waals surface area contributed by atoms with Crippen LogP contribution >= 0.6 is 0 Å². The summed E-state index contributed by atoms with van der Waals surface area (Å²) in [7, 11) is 0. The molecule has 1 aromatic carbocycles. The highest BCUT2D eigenvalue weighted by atomic mass is 16.5. The van der Waals surface area contributed by atoms with Gasteiger partial charge in [-0.05, 0) is 48.6 Å². The maximum absolute atomic E-state index is 12.9. The molecule has 0 aliphatic heterocycles. The van der Waals surface area contributed by atoms with Crippen LogP contribution in [0.25, 0.3) is 22.2 Å². The summed E-state index contributed by atoms with van der Waals surface area (Å²) in [4.78, 5) is 17.1. The lowest BCUT2D eigenvalue weighted by Crippen LogP contribution is -2.16. The average Bonchev–Trinajstić information content (AvgIpc) is 3.46. The van der Waals surface area contributed by atoms with E-state index in [4.69, 9.17) is 4.52 Å². The predicted octanol–water partition coefficient (Wildman–Crippen LogP) is 3.23. The number of nitrogens with one attached hydrogen (secondary N) is 2. The SMILES string of the molecule is N#Cc1cnc(C(=O)Nc2ccc3[nH]nc(-c4cnoc4)c3c2)c2c1CCC2. The molecule has 0 radical (unpaired) electrons. The second kappa shape index (κ2) is 6.32. The number of H-pyrrole nitrogens is 1. The molecule has 4 aromatic rings. The van der Waals surface area contributed by atoms with Crippen molar-refractivity contribution in [1.29, 1.82) is 5.26 Å². The van der Waals surface area contributed by atoms with Crippen molar-refractivity contribution in [1.82, 2.24) is 20.3 Å². The Kier molecular flexibility index (Phi) is 3.66. The highest BCUT2D eigenvalue weighted by Crippen LogP contribution is 2.30. The normalized spacial score (nSPS) is 12.7. The smallest absolute Gasteiger partial charge is 0.274 e. The number of anilines is 1. The summed E-state index contributed by atoms with van der Waals surface area (Å²) in [5.41, 5.74) is 5.70. The van der Waals surface area contributed by atoms with E-state index in [2.05, 4.69) is 31.7 Å². The molecule has 1 amide bonds. The van der Waals surface area contributed by atoms with Gasteiger partial charge >= 0.3 is 0 Å². The fraction of sp³-hybridized carbons (Fsp3) is 0.150. The molecule has 8 nitrogen and oxygen atoms in total. The van der Waals surface area contributed by atoms with Crippen LogP contribution in [0.4, 0.5) is 5.69 Å². The quantitative estimate of drug-likeness (QED) is 0.571. The van der Waals surface area contributed by atoms with Gasteiger partial charge in [-0.25, -0.2) is 4.98 Å². The van der Waals surface area contributed by atoms with E-state index < -0.39 is 0 Å². The number of amides is 1. The van der Waals surface area contributed by atoms with Gasteiger partial charge in [0.05, 0.1) is 22.8 Å². The number of benzene rings is 1. The topological polar surface area (TPSA) is 120 Å². The van der Waals surface area contributed by atoms with Gasteiger partial charge in [0.25, 0.3) is 5.91 Å². The van der Waals surface area contributed by atoms with E-state index in [0.717, 1.165) is 46.9 Å². The molecular formula is C20H14N6O2. The zero-order valence-electron chi connectivity index (χ0n) is 14.7. The van der Waals surface area contributed by atoms with Crippen LogP contribution in [0.3, 0.4) is 0 Å². The van der Waals surface area contributed by atoms with Gasteiger partial charge in [0.15, 0.2) is 0 Å². The molecule has 0 fully saturated rings. The highest BCUT2D eigenvalue weighted by Gasteiger charge is 2.23. The van der Waals surface area contributed by atoms with E-state index in [1.807, 2.05) is 12.1 Å². The van der Waals surface area contributed by atoms with Crippen LogP contribution in [0.5, 0.6) is 0 Å². The summed E-state index contributed by atoms with van der Waals surface area (Å²) < 4.78 is 4.90. The summed E-state index contributed by atoms with van der Waals surface area (Å²) >= 11 is 0. The Morgan fingerprint density at radius 1 is 1.25 bits per heavy atom. The highest BCUT2D eigenvalue weighted by molar-refractivity contribution is 6.06. The summed E-state index contributed by atoms with van der Waals surface area (Å²) in [5.74, 6) is -0.281. The zero-order valence-corrected chi connectivity index (χ0v) is 14.7. The molecule has 0 saturated carbocycles. The first kappa shape index (κ1) is 16.2. The van der Waals surface area contributed by atoms with Crippen LogP contribution in [-0.4, -0.2) is 26.2 Å². The van der Waals surface area contributed by atoms with Crippen LogP contribution in [0.2, 0.25) is 0 Å². The van der Waals surface area contributed by atoms with Crippen molar-refractivity contribution in [3.63, 3.8) is 0 Å². The van der Waals surface area contributed by atoms with Crippen molar-refractivity contribution in [3.8, 4) is 17.3 Å². The third-order valence-electron chi connectivity index (χ3n) is 5.01. The number of pyridine rings is 1. The van der Waals surface area contributed by atoms with Gasteiger partial charge in [-0.3, -0.25) is 9.89 Å². The summed E-state index contributed by atoms with van der Waals surface area (Å²) in [6, 6.07) is 7.67. The number of nitrogens with zero attached hydrogens (tertiary/aromatic N) is 4. The summed E-state index contributed by atoms with van der Waals surface area (Å²) in [6.45, 7) is 0. The third-order valence-corrected chi connectivity index (χ3v) is 5.01. The lowest BCUT2D eigenvalue weighted by Gasteiger charge is -2.10. The van der Waals surface area contributed by atoms with Crippen molar-refractivity contribution < 1.29 is 9.32 Å². The zero-order chi connectivity index (χ0) is 19.1. The molecule has 0 saturated heterocycles. The number of fused-ring (bicyclic) bond motifs is 2. The van der Waals surface area contributed by atoms with Gasteiger partial charge in [0, 0.05) is 17.3 Å². The molecule has 3 aromatic heterocycles. The molecule has 0 spiro atoms. The standard InChI is InChI=1S/C20H14N6O2/c21-7-11-8-22-19(15-3-1-2-14(11)15)20(27)24-13-4-5-17-16(6-13)18(26-25-17)12-9-23-28-10-12/h4-6,8-10H,1-3H2,(H,24,27)(H,25,26). The fourth-order valence-electron chi connectivity index (χ4n) is 3.70. The summed E-state index contributed by atoms with van der Waals surface area (Å²) in [5, 5.41) is 24.0. The largest absolute Gasteiger partial charge is 0.364 e. The Bertz CT molecular complexity index is 1250. The van der Waals surface area contributed by atoms with Crippen LogP contribution in [-0.2, 0) is 12.8 Å². The molecule has 8 heteroatoms. The number of hydrogen-bond acceptors (Lipinski definition) is 6. The fourth-order valence-corrected chi connectivity index (χ4v) is 3.70. The van der Waals surface area contributed by atoms with Crippen molar-refractivity contribution in [2.45, 2.75) is 19.3 Å². The molecule has 1 aliphatic rings. The van der Waals surface area contributed by atoms with Crippen molar-refractivity contribution in [3.05, 3.63) is 59.2 Å². The van der Waals surface area contributed by atoms with E-state index in [9.17, 15) is 10.1 Å². The van der Waals surface area contributed by atoms with Gasteiger partial charge in [-0.1, -0.05) is 5.16 Å². The Morgan fingerprint density at radius 2 is 2.14 bits per heavy atom. The van der Waals surface area contributed by atoms with E-state index in [1.54, 1.807) is 12.3 Å². The molecule has 0 atom stereocenters. The van der Waals surface area contributed by atoms with Crippen LogP contribution in [0.1, 0.15) is 33.6 Å². The molecule has 0 unspecified atom stereocenters. The number of hydrogen-bond donors (Lipinski definition) is 2. The number of aromatic nitrogens is 4. The van der Waals surface area contributed by atoms with Gasteiger partial charge in [0.1, 0.15) is 23.7 Å². The summed E-state index contributed by atoms with van der Waals surface area (Å²) in [6.07, 6.45) is 7.10. The van der Waals surface area contributed by atoms with E-state index in [-0.39, 0.29) is 5.91 Å². The maximum Gasteiger partial charge on any atom is 0.274 e. The van der Waals surface area contributed by atoms with Gasteiger partial charge in [-0.15, -0.1) is 0 Å². The van der Waals surface area contributed by atoms with Crippen LogP contribution in [0, 0.1) is 11.3 Å². The van der Waals surface area contributed by atoms with Crippen molar-refractivity contribution in [2.75, 3.05) is 5.32 Å². The second-order valence-corrected chi connectivity index (χ2v) is 6.64. The lowest BCUT2D eigenvalue weighted by atomic mass is 10.0. The minimum Gasteiger partial charge on any atom is -0.364 e. The molecule has 2 N–H and O–H groups in total. The molecule has 0 bridgehead atoms. The number of rotatable bonds is 3. The first-order valence-corrected chi connectivity index (χ1v) is 8.84. The Labute approximate surface area is 159 Å². The first-order valence-electron chi connectivity index (χ1n) is 8.84. The Morgan fingerprint density at radius 3 is 2.96 bits per heavy atom. The minimum absolute atomic E-state index is 0.281. The minimum atomic E-state index is -0.281. The number of nitriles is 1. The molecule has 3 heterocycles. The van der Waals surface area contributed by atoms with Gasteiger partial charge in [-0.2, -0.15) is 10.4 Å². The van der Waals surface area contributed by atoms with E-state index in [1.165, 1.54) is 12.5 Å². The molecule has 136 valence electrons. The van der Waals surface area contributed by atoms with Crippen LogP contribution in [0.15, 0.2) is 41.4 Å². The van der Waals surface area contributed by atoms with Gasteiger partial charge < -0.3 is 9.84 Å². The van der Waals surface area contributed by atoms with Gasteiger partial charge in [0.2, 0.25) is 0 Å². The molecule has 5 rings (SSSR count).